The zero-order valence-electron chi connectivity index (χ0n) is 11.5. The maximum absolute atomic E-state index is 11.7. The Balaban J connectivity index is 2.14. The number of aryl methyl sites for hydroxylation is 1. The van der Waals surface area contributed by atoms with Crippen molar-refractivity contribution >= 4 is 11.7 Å². The Kier molecular flexibility index (Phi) is 4.24. The number of methoxy groups -OCH3 is 1. The molecule has 0 saturated heterocycles. The molecule has 2 rings (SSSR count). The molecular formula is C14H17N3O3. The summed E-state index contributed by atoms with van der Waals surface area (Å²) in [7, 11) is 1.32. The molecule has 0 aliphatic rings. The summed E-state index contributed by atoms with van der Waals surface area (Å²) in [5.41, 5.74) is 7.40. The van der Waals surface area contributed by atoms with E-state index in [0.717, 1.165) is 12.1 Å². The third-order valence-electron chi connectivity index (χ3n) is 2.81. The van der Waals surface area contributed by atoms with Crippen LogP contribution in [0, 0.1) is 0 Å². The number of anilines is 1. The van der Waals surface area contributed by atoms with Crippen LogP contribution >= 0.6 is 0 Å². The van der Waals surface area contributed by atoms with Gasteiger partial charge in [-0.1, -0.05) is 0 Å². The standard InChI is InChI=1S/C14H17N3O3/c1-3-17-8-10(7-16-17)9-20-13-5-4-11(15)6-12(13)14(18)19-2/h4-8H,3,9,15H2,1-2H3. The van der Waals surface area contributed by atoms with Crippen molar-refractivity contribution < 1.29 is 14.3 Å². The second kappa shape index (κ2) is 6.10. The monoisotopic (exact) mass is 275 g/mol. The number of hydrogen-bond acceptors (Lipinski definition) is 5. The van der Waals surface area contributed by atoms with Gasteiger partial charge >= 0.3 is 5.97 Å². The Morgan fingerprint density at radius 2 is 2.25 bits per heavy atom. The third kappa shape index (κ3) is 3.09. The van der Waals surface area contributed by atoms with Crippen LogP contribution in [0.1, 0.15) is 22.8 Å². The van der Waals surface area contributed by atoms with E-state index in [2.05, 4.69) is 5.10 Å². The lowest BCUT2D eigenvalue weighted by molar-refractivity contribution is 0.0595. The van der Waals surface area contributed by atoms with Crippen molar-refractivity contribution in [1.82, 2.24) is 9.78 Å². The molecule has 2 aromatic rings. The minimum Gasteiger partial charge on any atom is -0.488 e. The average molecular weight is 275 g/mol. The first-order valence-electron chi connectivity index (χ1n) is 6.26. The average Bonchev–Trinajstić information content (AvgIpc) is 2.93. The smallest absolute Gasteiger partial charge is 0.341 e. The molecule has 0 spiro atoms. The summed E-state index contributed by atoms with van der Waals surface area (Å²) in [6.07, 6.45) is 3.63. The van der Waals surface area contributed by atoms with Gasteiger partial charge in [0.25, 0.3) is 0 Å². The number of ether oxygens (including phenoxy) is 2. The summed E-state index contributed by atoms with van der Waals surface area (Å²) < 4.78 is 12.2. The van der Waals surface area contributed by atoms with Gasteiger partial charge in [-0.15, -0.1) is 0 Å². The molecule has 0 amide bonds. The number of nitrogens with zero attached hydrogens (tertiary/aromatic N) is 2. The minimum absolute atomic E-state index is 0.315. The molecule has 1 heterocycles. The number of carbonyl (C=O) groups is 1. The van der Waals surface area contributed by atoms with Crippen molar-refractivity contribution in [3.63, 3.8) is 0 Å². The summed E-state index contributed by atoms with van der Waals surface area (Å²) in [6, 6.07) is 4.87. The minimum atomic E-state index is -0.475. The first-order chi connectivity index (χ1) is 9.63. The number of hydrogen-bond donors (Lipinski definition) is 1. The fourth-order valence-electron chi connectivity index (χ4n) is 1.76. The number of aromatic nitrogens is 2. The lowest BCUT2D eigenvalue weighted by Gasteiger charge is -2.10. The van der Waals surface area contributed by atoms with E-state index in [-0.39, 0.29) is 0 Å². The van der Waals surface area contributed by atoms with Crippen molar-refractivity contribution in [3.05, 3.63) is 41.7 Å². The highest BCUT2D eigenvalue weighted by molar-refractivity contribution is 5.93. The maximum atomic E-state index is 11.7. The van der Waals surface area contributed by atoms with Gasteiger partial charge < -0.3 is 15.2 Å². The van der Waals surface area contributed by atoms with Gasteiger partial charge in [0, 0.05) is 24.0 Å². The normalized spacial score (nSPS) is 10.3. The predicted molar refractivity (Wildman–Crippen MR) is 74.4 cm³/mol. The van der Waals surface area contributed by atoms with Crippen molar-refractivity contribution in [1.29, 1.82) is 0 Å². The molecule has 0 aliphatic heterocycles. The zero-order chi connectivity index (χ0) is 14.5. The molecule has 0 aliphatic carbocycles. The lowest BCUT2D eigenvalue weighted by Crippen LogP contribution is -2.06. The van der Waals surface area contributed by atoms with Crippen LogP contribution in [0.3, 0.4) is 0 Å². The van der Waals surface area contributed by atoms with Crippen LogP contribution in [0.4, 0.5) is 5.69 Å². The summed E-state index contributed by atoms with van der Waals surface area (Å²) in [5.74, 6) is -0.0353. The van der Waals surface area contributed by atoms with Crippen LogP contribution < -0.4 is 10.5 Å². The number of nitrogens with two attached hydrogens (primary N) is 1. The summed E-state index contributed by atoms with van der Waals surface area (Å²) >= 11 is 0. The molecular weight excluding hydrogens is 258 g/mol. The van der Waals surface area contributed by atoms with E-state index in [4.69, 9.17) is 15.2 Å². The fraction of sp³-hybridized carbons (Fsp3) is 0.286. The molecule has 0 unspecified atom stereocenters. The number of benzene rings is 1. The number of esters is 1. The van der Waals surface area contributed by atoms with Crippen LogP contribution in [0.25, 0.3) is 0 Å². The number of nitrogen functional groups attached to an aromatic ring is 1. The van der Waals surface area contributed by atoms with Crippen molar-refractivity contribution in [2.45, 2.75) is 20.1 Å². The summed E-state index contributed by atoms with van der Waals surface area (Å²) in [5, 5.41) is 4.16. The quantitative estimate of drug-likeness (QED) is 0.665. The first-order valence-corrected chi connectivity index (χ1v) is 6.26. The Hall–Kier alpha value is -2.50. The highest BCUT2D eigenvalue weighted by Gasteiger charge is 2.13. The van der Waals surface area contributed by atoms with E-state index in [1.54, 1.807) is 18.3 Å². The molecule has 6 nitrogen and oxygen atoms in total. The Morgan fingerprint density at radius 3 is 2.90 bits per heavy atom. The molecule has 20 heavy (non-hydrogen) atoms. The van der Waals surface area contributed by atoms with Crippen LogP contribution in [-0.2, 0) is 17.9 Å². The summed E-state index contributed by atoms with van der Waals surface area (Å²) in [6.45, 7) is 3.14. The van der Waals surface area contributed by atoms with Gasteiger partial charge in [-0.2, -0.15) is 5.10 Å². The van der Waals surface area contributed by atoms with Crippen LogP contribution in [0.5, 0.6) is 5.75 Å². The van der Waals surface area contributed by atoms with Gasteiger partial charge in [0.2, 0.25) is 0 Å². The molecule has 0 fully saturated rings. The second-order valence-electron chi connectivity index (χ2n) is 4.24. The Morgan fingerprint density at radius 1 is 1.45 bits per heavy atom. The van der Waals surface area contributed by atoms with Gasteiger partial charge in [-0.3, -0.25) is 4.68 Å². The first kappa shape index (κ1) is 13.9. The van der Waals surface area contributed by atoms with E-state index < -0.39 is 5.97 Å². The SMILES string of the molecule is CCn1cc(COc2ccc(N)cc2C(=O)OC)cn1. The van der Waals surface area contributed by atoms with Gasteiger partial charge in [0.15, 0.2) is 0 Å². The topological polar surface area (TPSA) is 79.4 Å². The molecule has 106 valence electrons. The van der Waals surface area contributed by atoms with Crippen LogP contribution in [-0.4, -0.2) is 22.9 Å². The molecule has 0 radical (unpaired) electrons. The molecule has 0 saturated carbocycles. The van der Waals surface area contributed by atoms with Crippen LogP contribution in [0.2, 0.25) is 0 Å². The van der Waals surface area contributed by atoms with Crippen LogP contribution in [0.15, 0.2) is 30.6 Å². The highest BCUT2D eigenvalue weighted by atomic mass is 16.5. The highest BCUT2D eigenvalue weighted by Crippen LogP contribution is 2.23. The van der Waals surface area contributed by atoms with Crippen molar-refractivity contribution in [2.75, 3.05) is 12.8 Å². The largest absolute Gasteiger partial charge is 0.488 e. The predicted octanol–water partition coefficient (Wildman–Crippen LogP) is 1.85. The number of carbonyl (C=O) groups excluding carboxylic acids is 1. The van der Waals surface area contributed by atoms with E-state index in [1.807, 2.05) is 17.8 Å². The molecule has 0 bridgehead atoms. The molecule has 0 atom stereocenters. The Labute approximate surface area is 117 Å². The van der Waals surface area contributed by atoms with Gasteiger partial charge in [0.1, 0.15) is 17.9 Å². The lowest BCUT2D eigenvalue weighted by atomic mass is 10.2. The van der Waals surface area contributed by atoms with Gasteiger partial charge in [-0.25, -0.2) is 4.79 Å². The molecule has 1 aromatic carbocycles. The zero-order valence-corrected chi connectivity index (χ0v) is 11.5. The molecule has 2 N–H and O–H groups in total. The van der Waals surface area contributed by atoms with E-state index in [9.17, 15) is 4.79 Å². The fourth-order valence-corrected chi connectivity index (χ4v) is 1.76. The van der Waals surface area contributed by atoms with E-state index in [0.29, 0.717) is 23.6 Å². The van der Waals surface area contributed by atoms with E-state index >= 15 is 0 Å². The summed E-state index contributed by atoms with van der Waals surface area (Å²) in [4.78, 5) is 11.7. The van der Waals surface area contributed by atoms with E-state index in [1.165, 1.54) is 13.2 Å². The Bertz CT molecular complexity index is 607. The number of rotatable bonds is 5. The van der Waals surface area contributed by atoms with Gasteiger partial charge in [-0.05, 0) is 25.1 Å². The molecule has 6 heteroatoms. The third-order valence-corrected chi connectivity index (χ3v) is 2.81. The van der Waals surface area contributed by atoms with Gasteiger partial charge in [0.05, 0.1) is 13.3 Å². The second-order valence-corrected chi connectivity index (χ2v) is 4.24. The van der Waals surface area contributed by atoms with Crippen molar-refractivity contribution in [2.24, 2.45) is 0 Å². The van der Waals surface area contributed by atoms with Crippen molar-refractivity contribution in [3.8, 4) is 5.75 Å². The maximum Gasteiger partial charge on any atom is 0.341 e. The molecule has 1 aromatic heterocycles.